The smallest absolute Gasteiger partial charge is 0.274 e. The van der Waals surface area contributed by atoms with Gasteiger partial charge in [0.2, 0.25) is 0 Å². The molecule has 0 atom stereocenters. The quantitative estimate of drug-likeness (QED) is 0.443. The maximum absolute atomic E-state index is 12.7. The second-order valence-corrected chi connectivity index (χ2v) is 8.23. The van der Waals surface area contributed by atoms with Gasteiger partial charge in [-0.3, -0.25) is 14.3 Å². The zero-order valence-electron chi connectivity index (χ0n) is 17.4. The predicted molar refractivity (Wildman–Crippen MR) is 123 cm³/mol. The second-order valence-electron chi connectivity index (χ2n) is 7.21. The summed E-state index contributed by atoms with van der Waals surface area (Å²) >= 11 is 1.51. The molecule has 2 heterocycles. The number of hydrogen-bond donors (Lipinski definition) is 1. The third kappa shape index (κ3) is 4.69. The fourth-order valence-corrected chi connectivity index (χ4v) is 4.19. The van der Waals surface area contributed by atoms with Crippen LogP contribution in [0.1, 0.15) is 35.0 Å². The Morgan fingerprint density at radius 3 is 2.77 bits per heavy atom. The van der Waals surface area contributed by atoms with Gasteiger partial charge < -0.3 is 5.32 Å². The number of fused-ring (bicyclic) bond motifs is 1. The molecule has 7 nitrogen and oxygen atoms in total. The topological polar surface area (TPSA) is 81.3 Å². The number of benzene rings is 2. The third-order valence-electron chi connectivity index (χ3n) is 4.74. The number of aromatic nitrogens is 4. The molecule has 8 heteroatoms. The molecule has 4 aromatic rings. The van der Waals surface area contributed by atoms with Crippen molar-refractivity contribution < 1.29 is 4.79 Å². The summed E-state index contributed by atoms with van der Waals surface area (Å²) in [7, 11) is 0. The first-order valence-electron chi connectivity index (χ1n) is 10.1. The monoisotopic (exact) mass is 433 g/mol. The van der Waals surface area contributed by atoms with Crippen LogP contribution in [0.2, 0.25) is 0 Å². The van der Waals surface area contributed by atoms with E-state index in [0.29, 0.717) is 29.3 Å². The molecule has 0 unspecified atom stereocenters. The van der Waals surface area contributed by atoms with Gasteiger partial charge in [0.15, 0.2) is 0 Å². The SMILES string of the molecule is CCCn1cnc2nc(CSc3ccccc3NC(=O)c3cccc(C)c3)cc(=O)n21. The van der Waals surface area contributed by atoms with Gasteiger partial charge in [0.25, 0.3) is 17.2 Å². The highest BCUT2D eigenvalue weighted by Crippen LogP contribution is 2.29. The van der Waals surface area contributed by atoms with Crippen LogP contribution in [-0.2, 0) is 12.3 Å². The highest BCUT2D eigenvalue weighted by molar-refractivity contribution is 7.98. The van der Waals surface area contributed by atoms with Gasteiger partial charge in [-0.05, 0) is 37.6 Å². The molecule has 158 valence electrons. The molecule has 0 spiro atoms. The minimum Gasteiger partial charge on any atom is -0.321 e. The number of hydrogen-bond acceptors (Lipinski definition) is 5. The summed E-state index contributed by atoms with van der Waals surface area (Å²) in [4.78, 5) is 34.9. The molecule has 4 rings (SSSR count). The number of nitrogens with one attached hydrogen (secondary N) is 1. The number of amides is 1. The van der Waals surface area contributed by atoms with E-state index in [2.05, 4.69) is 15.3 Å². The first-order valence-corrected chi connectivity index (χ1v) is 11.1. The lowest BCUT2D eigenvalue weighted by Crippen LogP contribution is -2.21. The Labute approximate surface area is 184 Å². The molecule has 0 aliphatic heterocycles. The van der Waals surface area contributed by atoms with Crippen molar-refractivity contribution in [3.05, 3.63) is 88.1 Å². The van der Waals surface area contributed by atoms with Crippen molar-refractivity contribution in [3.8, 4) is 0 Å². The fourth-order valence-electron chi connectivity index (χ4n) is 3.29. The highest BCUT2D eigenvalue weighted by Gasteiger charge is 2.12. The van der Waals surface area contributed by atoms with Crippen molar-refractivity contribution in [2.75, 3.05) is 5.32 Å². The van der Waals surface area contributed by atoms with Gasteiger partial charge in [0.05, 0.1) is 11.4 Å². The summed E-state index contributed by atoms with van der Waals surface area (Å²) in [6.07, 6.45) is 2.54. The molecule has 0 aliphatic carbocycles. The van der Waals surface area contributed by atoms with Gasteiger partial charge in [-0.2, -0.15) is 9.50 Å². The number of anilines is 1. The van der Waals surface area contributed by atoms with Gasteiger partial charge in [-0.1, -0.05) is 36.8 Å². The summed E-state index contributed by atoms with van der Waals surface area (Å²) < 4.78 is 3.27. The molecule has 0 aliphatic rings. The standard InChI is InChI=1S/C23H23N5O2S/c1-3-11-27-15-24-23-25-18(13-21(29)28(23)27)14-31-20-10-5-4-9-19(20)26-22(30)17-8-6-7-16(2)12-17/h4-10,12-13,15H,3,11,14H2,1-2H3,(H,26,30). The largest absolute Gasteiger partial charge is 0.321 e. The van der Waals surface area contributed by atoms with Crippen LogP contribution in [0.4, 0.5) is 5.69 Å². The number of para-hydroxylation sites is 1. The van der Waals surface area contributed by atoms with E-state index in [1.807, 2.05) is 56.3 Å². The Kier molecular flexibility index (Phi) is 6.18. The lowest BCUT2D eigenvalue weighted by molar-refractivity contribution is 0.102. The summed E-state index contributed by atoms with van der Waals surface area (Å²) in [5, 5.41) is 2.99. The minimum absolute atomic E-state index is 0.146. The zero-order chi connectivity index (χ0) is 21.8. The first kappa shape index (κ1) is 20.9. The van der Waals surface area contributed by atoms with Crippen molar-refractivity contribution >= 4 is 29.1 Å². The second kappa shape index (κ2) is 9.18. The van der Waals surface area contributed by atoms with Crippen LogP contribution >= 0.6 is 11.8 Å². The fraction of sp³-hybridized carbons (Fsp3) is 0.217. The van der Waals surface area contributed by atoms with Crippen molar-refractivity contribution in [2.45, 2.75) is 37.5 Å². The van der Waals surface area contributed by atoms with E-state index in [0.717, 1.165) is 22.6 Å². The van der Waals surface area contributed by atoms with Crippen molar-refractivity contribution in [2.24, 2.45) is 0 Å². The Morgan fingerprint density at radius 1 is 1.13 bits per heavy atom. The molecule has 2 aromatic carbocycles. The molecular weight excluding hydrogens is 410 g/mol. The van der Waals surface area contributed by atoms with Crippen molar-refractivity contribution in [3.63, 3.8) is 0 Å². The Bertz CT molecular complexity index is 1290. The zero-order valence-corrected chi connectivity index (χ0v) is 18.2. The number of carbonyl (C=O) groups is 1. The maximum Gasteiger partial charge on any atom is 0.274 e. The third-order valence-corrected chi connectivity index (χ3v) is 5.85. The Hall–Kier alpha value is -3.39. The summed E-state index contributed by atoms with van der Waals surface area (Å²) in [5.74, 6) is 0.734. The normalized spacial score (nSPS) is 11.0. The molecule has 2 aromatic heterocycles. The van der Waals surface area contributed by atoms with Gasteiger partial charge >= 0.3 is 0 Å². The van der Waals surface area contributed by atoms with Gasteiger partial charge in [-0.15, -0.1) is 11.8 Å². The lowest BCUT2D eigenvalue weighted by Gasteiger charge is -2.11. The molecule has 1 N–H and O–H groups in total. The molecule has 0 saturated carbocycles. The highest BCUT2D eigenvalue weighted by atomic mass is 32.2. The summed E-state index contributed by atoms with van der Waals surface area (Å²) in [5.41, 5.74) is 2.88. The number of aryl methyl sites for hydroxylation is 2. The molecule has 0 bridgehead atoms. The Morgan fingerprint density at radius 2 is 1.97 bits per heavy atom. The average molecular weight is 434 g/mol. The van der Waals surface area contributed by atoms with Crippen molar-refractivity contribution in [1.29, 1.82) is 0 Å². The van der Waals surface area contributed by atoms with Crippen LogP contribution < -0.4 is 10.9 Å². The van der Waals surface area contributed by atoms with Crippen LogP contribution in [0.15, 0.2) is 70.6 Å². The van der Waals surface area contributed by atoms with Crippen LogP contribution in [0.25, 0.3) is 5.78 Å². The van der Waals surface area contributed by atoms with E-state index < -0.39 is 0 Å². The number of thioether (sulfide) groups is 1. The summed E-state index contributed by atoms with van der Waals surface area (Å²) in [6.45, 7) is 4.71. The predicted octanol–water partition coefficient (Wildman–Crippen LogP) is 4.15. The maximum atomic E-state index is 12.7. The molecule has 1 amide bonds. The van der Waals surface area contributed by atoms with E-state index in [1.54, 1.807) is 23.1 Å². The summed E-state index contributed by atoms with van der Waals surface area (Å²) in [6, 6.07) is 16.6. The van der Waals surface area contributed by atoms with E-state index in [-0.39, 0.29) is 11.5 Å². The van der Waals surface area contributed by atoms with E-state index in [4.69, 9.17) is 0 Å². The molecule has 0 radical (unpaired) electrons. The van der Waals surface area contributed by atoms with Crippen LogP contribution in [-0.4, -0.2) is 25.1 Å². The first-order chi connectivity index (χ1) is 15.0. The van der Waals surface area contributed by atoms with Crippen molar-refractivity contribution in [1.82, 2.24) is 19.2 Å². The van der Waals surface area contributed by atoms with Crippen LogP contribution in [0.5, 0.6) is 0 Å². The molecule has 31 heavy (non-hydrogen) atoms. The van der Waals surface area contributed by atoms with Gasteiger partial charge in [-0.25, -0.2) is 4.98 Å². The van der Waals surface area contributed by atoms with E-state index in [1.165, 1.54) is 16.3 Å². The average Bonchev–Trinajstić information content (AvgIpc) is 3.16. The lowest BCUT2D eigenvalue weighted by atomic mass is 10.1. The van der Waals surface area contributed by atoms with E-state index in [9.17, 15) is 9.59 Å². The Balaban J connectivity index is 1.52. The van der Waals surface area contributed by atoms with Gasteiger partial charge in [0.1, 0.15) is 6.33 Å². The van der Waals surface area contributed by atoms with E-state index >= 15 is 0 Å². The molecule has 0 fully saturated rings. The van der Waals surface area contributed by atoms with Gasteiger partial charge in [0, 0.05) is 28.8 Å². The number of rotatable bonds is 7. The number of carbonyl (C=O) groups excluding carboxylic acids is 1. The minimum atomic E-state index is -0.156. The number of nitrogens with zero attached hydrogens (tertiary/aromatic N) is 4. The van der Waals surface area contributed by atoms with Crippen LogP contribution in [0.3, 0.4) is 0 Å². The van der Waals surface area contributed by atoms with Crippen LogP contribution in [0, 0.1) is 6.92 Å². The molecule has 0 saturated heterocycles. The molecular formula is C23H23N5O2S.